The second-order valence-corrected chi connectivity index (χ2v) is 9.69. The Labute approximate surface area is 263 Å². The average Bonchev–Trinajstić information content (AvgIpc) is 3.50. The number of hydrogen-bond acceptors (Lipinski definition) is 0. The molecule has 3 rings (SSSR count). The number of hydrogen-bond donors (Lipinski definition) is 0. The first kappa shape index (κ1) is 55.0. The van der Waals surface area contributed by atoms with Gasteiger partial charge in [0.05, 0.1) is 0 Å². The Kier molecular flexibility index (Phi) is 39.7. The summed E-state index contributed by atoms with van der Waals surface area (Å²) in [5.74, 6) is 2.69. The van der Waals surface area contributed by atoms with Crippen LogP contribution in [0, 0.1) is 111 Å². The SMILES string of the molecule is C[C]1[CH][CH][CH][CH]1.C[C]1[CH][CH][CH][CH]1.Cc1cc(C)c([Te+])c(C)c1.F[P-](F)(F)(F)(F)F.[C-]#[O+].[C-]#[O+].[C-]#[O+].[C-]#[O+].[Mn].[Mn]. The Morgan fingerprint density at radius 1 is 0.538 bits per heavy atom. The van der Waals surface area contributed by atoms with E-state index in [-0.39, 0.29) is 34.1 Å². The van der Waals surface area contributed by atoms with E-state index >= 15 is 0 Å². The van der Waals surface area contributed by atoms with Crippen molar-refractivity contribution in [1.29, 1.82) is 0 Å². The molecule has 0 heterocycles. The van der Waals surface area contributed by atoms with E-state index in [2.05, 4.69) is 121 Å². The van der Waals surface area contributed by atoms with Gasteiger partial charge in [-0.05, 0) is 63.2 Å². The monoisotopic (exact) mass is 774 g/mol. The van der Waals surface area contributed by atoms with Crippen LogP contribution in [-0.4, -0.2) is 22.3 Å². The van der Waals surface area contributed by atoms with E-state index < -0.39 is 7.81 Å². The van der Waals surface area contributed by atoms with Gasteiger partial charge in [0.1, 0.15) is 0 Å². The largest absolute Gasteiger partial charge is 0 e. The predicted molar refractivity (Wildman–Crippen MR) is 128 cm³/mol. The molecule has 2 aliphatic rings. The molecule has 0 aromatic heterocycles. The first-order valence-electron chi connectivity index (χ1n) is 9.34. The van der Waals surface area contributed by atoms with Crippen LogP contribution in [0.2, 0.25) is 0 Å². The van der Waals surface area contributed by atoms with Crippen molar-refractivity contribution in [3.63, 3.8) is 0 Å². The summed E-state index contributed by atoms with van der Waals surface area (Å²) in [6.07, 6.45) is 16.5. The normalized spacial score (nSPS) is 14.7. The van der Waals surface area contributed by atoms with Crippen LogP contribution in [0.15, 0.2) is 12.1 Å². The van der Waals surface area contributed by atoms with Crippen LogP contribution in [-0.2, 0) is 52.7 Å². The van der Waals surface area contributed by atoms with Crippen LogP contribution in [0.3, 0.4) is 0 Å². The van der Waals surface area contributed by atoms with Gasteiger partial charge in [-0.3, -0.25) is 0 Å². The number of rotatable bonds is 0. The summed E-state index contributed by atoms with van der Waals surface area (Å²) >= 11 is 2.10. The van der Waals surface area contributed by atoms with Crippen molar-refractivity contribution in [3.05, 3.63) is 119 Å². The molecule has 0 saturated heterocycles. The first-order valence-corrected chi connectivity index (χ1v) is 12.5. The van der Waals surface area contributed by atoms with Crippen molar-refractivity contribution in [1.82, 2.24) is 0 Å². The molecule has 0 unspecified atom stereocenters. The molecular weight excluding hydrogens is 747 g/mol. The van der Waals surface area contributed by atoms with Crippen molar-refractivity contribution in [2.24, 2.45) is 0 Å². The zero-order chi connectivity index (χ0) is 30.9. The van der Waals surface area contributed by atoms with Crippen LogP contribution >= 0.6 is 7.81 Å². The van der Waals surface area contributed by atoms with Gasteiger partial charge in [0.2, 0.25) is 0 Å². The molecule has 0 atom stereocenters. The van der Waals surface area contributed by atoms with Gasteiger partial charge >= 0.3 is 154 Å². The molecule has 0 spiro atoms. The van der Waals surface area contributed by atoms with Crippen LogP contribution < -0.4 is 3.61 Å². The van der Waals surface area contributed by atoms with Crippen LogP contribution in [0.4, 0.5) is 25.2 Å². The Bertz CT molecular complexity index is 733. The van der Waals surface area contributed by atoms with Crippen molar-refractivity contribution in [3.8, 4) is 0 Å². The molecule has 4 nitrogen and oxygen atoms in total. The fourth-order valence-corrected chi connectivity index (χ4v) is 2.44. The fraction of sp³-hybridized carbons (Fsp3) is 0.200. The molecule has 0 bridgehead atoms. The molecule has 2 fully saturated rings. The number of halogens is 6. The third kappa shape index (κ3) is 54.7. The van der Waals surface area contributed by atoms with Gasteiger partial charge < -0.3 is 0 Å². The Morgan fingerprint density at radius 3 is 0.846 bits per heavy atom. The van der Waals surface area contributed by atoms with Crippen molar-refractivity contribution in [2.45, 2.75) is 34.6 Å². The smallest absolute Gasteiger partial charge is 0 e. The van der Waals surface area contributed by atoms with E-state index in [1.54, 1.807) is 0 Å². The molecule has 2 saturated carbocycles. The molecule has 14 radical (unpaired) electrons. The van der Waals surface area contributed by atoms with Crippen LogP contribution in [0.25, 0.3) is 0 Å². The van der Waals surface area contributed by atoms with E-state index in [4.69, 9.17) is 18.6 Å². The number of aryl methyl sites for hydroxylation is 3. The minimum Gasteiger partial charge on any atom is 0 e. The summed E-state index contributed by atoms with van der Waals surface area (Å²) in [7, 11) is -10.7. The molecule has 39 heavy (non-hydrogen) atoms. The average molecular weight is 772 g/mol. The van der Waals surface area contributed by atoms with Gasteiger partial charge in [0.25, 0.3) is 0 Å². The summed E-state index contributed by atoms with van der Waals surface area (Å²) in [4.78, 5) is 0. The van der Waals surface area contributed by atoms with Gasteiger partial charge in [-0.15, -0.1) is 0 Å². The summed E-state index contributed by atoms with van der Waals surface area (Å²) in [6.45, 7) is 28.6. The van der Waals surface area contributed by atoms with E-state index in [1.165, 1.54) is 32.1 Å². The van der Waals surface area contributed by atoms with Crippen molar-refractivity contribution < 1.29 is 77.9 Å². The van der Waals surface area contributed by atoms with E-state index in [0.717, 1.165) is 0 Å². The standard InChI is InChI=1S/C9H11Te.2C6H7.4CO.F6P.2Mn/c1-6-4-7(2)9(10)8(3)5-6;2*1-6-4-2-3-5-6;4*1-2;1-7(2,3,4,5)6;;/h4-5H,1-3H3;2*2-5H,1H3;;;;;;;/q+1;;;;;;;-1;;. The van der Waals surface area contributed by atoms with E-state index in [1.807, 2.05) is 25.7 Å². The third-order valence-electron chi connectivity index (χ3n) is 3.26. The van der Waals surface area contributed by atoms with Crippen molar-refractivity contribution in [2.75, 3.05) is 0 Å². The molecular formula is C25H25F6Mn2O4PTe. The molecule has 1 aromatic rings. The van der Waals surface area contributed by atoms with Crippen LogP contribution in [0.1, 0.15) is 30.5 Å². The summed E-state index contributed by atoms with van der Waals surface area (Å²) in [6, 6.07) is 4.45. The molecule has 0 N–H and O–H groups in total. The van der Waals surface area contributed by atoms with Gasteiger partial charge in [0.15, 0.2) is 0 Å². The molecule has 14 heteroatoms. The Balaban J connectivity index is -0.0000000643. The molecule has 0 aliphatic heterocycles. The zero-order valence-electron chi connectivity index (χ0n) is 21.3. The Hall–Kier alpha value is 0.0186. The fourth-order valence-electron chi connectivity index (χ4n) is 2.11. The Morgan fingerprint density at radius 2 is 0.718 bits per heavy atom. The topological polar surface area (TPSA) is 79.6 Å². The quantitative estimate of drug-likeness (QED) is 0.0864. The zero-order valence-corrected chi connectivity index (χ0v) is 26.9. The second-order valence-electron chi connectivity index (χ2n) is 6.61. The van der Waals surface area contributed by atoms with Crippen molar-refractivity contribution >= 4 is 33.7 Å². The van der Waals surface area contributed by atoms with Gasteiger partial charge in [0, 0.05) is 34.1 Å². The molecule has 2 aliphatic carbocycles. The van der Waals surface area contributed by atoms with E-state index in [9.17, 15) is 25.2 Å². The van der Waals surface area contributed by atoms with Crippen LogP contribution in [0.5, 0.6) is 0 Å². The second kappa shape index (κ2) is 28.2. The van der Waals surface area contributed by atoms with Gasteiger partial charge in [-0.25, -0.2) is 0 Å². The minimum absolute atomic E-state index is 0. The number of benzene rings is 1. The van der Waals surface area contributed by atoms with Gasteiger partial charge in [-0.2, -0.15) is 0 Å². The molecule has 1 aromatic carbocycles. The maximum atomic E-state index is 9.87. The molecule has 0 amide bonds. The summed E-state index contributed by atoms with van der Waals surface area (Å²) < 4.78 is 90.6. The maximum Gasteiger partial charge on any atom is 0 e. The summed E-state index contributed by atoms with van der Waals surface area (Å²) in [5.41, 5.74) is 4.17. The minimum atomic E-state index is -10.7. The van der Waals surface area contributed by atoms with Gasteiger partial charge in [-0.1, -0.05) is 13.8 Å². The third-order valence-corrected chi connectivity index (χ3v) is 5.10. The summed E-state index contributed by atoms with van der Waals surface area (Å²) in [5, 5.41) is 0. The predicted octanol–water partition coefficient (Wildman–Crippen LogP) is 7.46. The molecule has 216 valence electrons. The van der Waals surface area contributed by atoms with E-state index in [0.29, 0.717) is 0 Å². The maximum absolute atomic E-state index is 10.7. The first-order chi connectivity index (χ1) is 16.8.